The molecule has 10 aromatic rings. The first-order valence-corrected chi connectivity index (χ1v) is 26.4. The number of nitrogens with zero attached hydrogens (tertiary/aromatic N) is 3. The standard InChI is InChI=1S/C69H51N3/c1-3-15-44(16-4-1)65-70-66(45-17-5-2-6-18-45)72-67(71-65)50-38-48(46-30-33-56-54-21-7-11-23-58(54)68(63(56)40-46)51-32-29-43-28-27-42(35-51)36-62(43)68)37-49(39-50)47-31-34-57-55-22-10-14-26-61(55)69(64(57)41-47)59-24-12-8-19-52(59)53-20-9-13-25-60(53)69/h1-26,30-31,33-34,37-43,51,62H,27-29,32,35-36H2. The number of benzene rings is 9. The van der Waals surface area contributed by atoms with E-state index in [1.54, 1.807) is 11.1 Å². The number of hydrogen-bond acceptors (Lipinski definition) is 3. The molecule has 0 saturated heterocycles. The van der Waals surface area contributed by atoms with Gasteiger partial charge < -0.3 is 0 Å². The van der Waals surface area contributed by atoms with Crippen LogP contribution >= 0.6 is 0 Å². The Balaban J connectivity index is 0.937. The van der Waals surface area contributed by atoms with Crippen LogP contribution in [0.1, 0.15) is 71.9 Å². The van der Waals surface area contributed by atoms with Gasteiger partial charge in [-0.2, -0.15) is 0 Å². The van der Waals surface area contributed by atoms with Gasteiger partial charge in [-0.25, -0.2) is 15.0 Å². The summed E-state index contributed by atoms with van der Waals surface area (Å²) in [5.74, 6) is 5.02. The molecular formula is C69H51N3. The molecule has 0 radical (unpaired) electrons. The first kappa shape index (κ1) is 40.7. The highest BCUT2D eigenvalue weighted by Crippen LogP contribution is 2.69. The normalized spacial score (nSPS) is 21.7. The summed E-state index contributed by atoms with van der Waals surface area (Å²) in [5.41, 5.74) is 24.0. The van der Waals surface area contributed by atoms with Gasteiger partial charge >= 0.3 is 0 Å². The SMILES string of the molecule is c1ccc(-c2nc(-c3ccccc3)nc(-c3cc(-c4ccc5c(c4)C4(c6ccccc6-c6ccccc64)c4ccccc4-5)cc(-c4ccc5c(c4)C4(c6ccccc6-5)C5CCC6CCC(C5)CC64)c3)n2)cc1. The van der Waals surface area contributed by atoms with E-state index in [4.69, 9.17) is 15.0 Å². The van der Waals surface area contributed by atoms with Crippen molar-refractivity contribution >= 4 is 0 Å². The average Bonchev–Trinajstić information content (AvgIpc) is 4.03. The molecule has 9 aromatic carbocycles. The molecule has 16 rings (SSSR count). The van der Waals surface area contributed by atoms with Crippen molar-refractivity contribution in [2.75, 3.05) is 0 Å². The minimum absolute atomic E-state index is 0.0583. The fourth-order valence-electron chi connectivity index (χ4n) is 15.8. The Morgan fingerprint density at radius 3 is 1.31 bits per heavy atom. The van der Waals surface area contributed by atoms with Crippen molar-refractivity contribution in [1.29, 1.82) is 0 Å². The second-order valence-corrected chi connectivity index (χ2v) is 21.7. The summed E-state index contributed by atoms with van der Waals surface area (Å²) in [6.45, 7) is 0. The molecule has 1 heterocycles. The summed E-state index contributed by atoms with van der Waals surface area (Å²) in [6, 6.07) is 79.5. The zero-order valence-electron chi connectivity index (χ0n) is 40.1. The summed E-state index contributed by atoms with van der Waals surface area (Å²) >= 11 is 0. The lowest BCUT2D eigenvalue weighted by atomic mass is 9.43. The molecule has 1 aromatic heterocycles. The van der Waals surface area contributed by atoms with Crippen LogP contribution in [-0.2, 0) is 10.8 Å². The summed E-state index contributed by atoms with van der Waals surface area (Å²) in [7, 11) is 0. The minimum atomic E-state index is -0.445. The maximum Gasteiger partial charge on any atom is 0.164 e. The molecule has 0 N–H and O–H groups in total. The van der Waals surface area contributed by atoms with Gasteiger partial charge in [0.05, 0.1) is 5.41 Å². The molecule has 0 aliphatic heterocycles. The summed E-state index contributed by atoms with van der Waals surface area (Å²) < 4.78 is 0. The number of rotatable bonds is 5. The van der Waals surface area contributed by atoms with Crippen LogP contribution in [0.5, 0.6) is 0 Å². The van der Waals surface area contributed by atoms with Crippen molar-refractivity contribution in [2.45, 2.75) is 49.4 Å². The maximum absolute atomic E-state index is 5.35. The van der Waals surface area contributed by atoms with Gasteiger partial charge in [0.25, 0.3) is 0 Å². The topological polar surface area (TPSA) is 38.7 Å². The van der Waals surface area contributed by atoms with E-state index in [-0.39, 0.29) is 5.41 Å². The molecule has 5 unspecified atom stereocenters. The molecule has 2 spiro atoms. The molecule has 3 bridgehead atoms. The third-order valence-corrected chi connectivity index (χ3v) is 18.5. The van der Waals surface area contributed by atoms with Gasteiger partial charge in [0.1, 0.15) is 0 Å². The van der Waals surface area contributed by atoms with Gasteiger partial charge in [-0.3, -0.25) is 0 Å². The van der Waals surface area contributed by atoms with E-state index in [0.29, 0.717) is 29.3 Å². The molecule has 6 aliphatic carbocycles. The fraction of sp³-hybridized carbons (Fsp3) is 0.174. The van der Waals surface area contributed by atoms with Crippen molar-refractivity contribution in [2.24, 2.45) is 23.7 Å². The molecule has 3 fully saturated rings. The van der Waals surface area contributed by atoms with E-state index in [0.717, 1.165) is 34.1 Å². The highest BCUT2D eigenvalue weighted by atomic mass is 15.0. The largest absolute Gasteiger partial charge is 0.208 e. The van der Waals surface area contributed by atoms with Crippen LogP contribution in [-0.4, -0.2) is 15.0 Å². The van der Waals surface area contributed by atoms with Crippen molar-refractivity contribution in [3.8, 4) is 89.8 Å². The lowest BCUT2D eigenvalue weighted by Gasteiger charge is -2.60. The zero-order valence-corrected chi connectivity index (χ0v) is 40.1. The summed E-state index contributed by atoms with van der Waals surface area (Å²) in [6.07, 6.45) is 8.25. The molecule has 342 valence electrons. The fourth-order valence-corrected chi connectivity index (χ4v) is 15.8. The predicted octanol–water partition coefficient (Wildman–Crippen LogP) is 16.7. The number of fused-ring (bicyclic) bond motifs is 14. The Morgan fingerprint density at radius 2 is 0.736 bits per heavy atom. The van der Waals surface area contributed by atoms with Crippen LogP contribution in [0.4, 0.5) is 0 Å². The smallest absolute Gasteiger partial charge is 0.164 e. The first-order chi connectivity index (χ1) is 35.6. The second-order valence-electron chi connectivity index (χ2n) is 21.7. The Labute approximate surface area is 421 Å². The van der Waals surface area contributed by atoms with Gasteiger partial charge in [-0.05, 0) is 175 Å². The van der Waals surface area contributed by atoms with Crippen LogP contribution < -0.4 is 0 Å². The number of aromatic nitrogens is 3. The van der Waals surface area contributed by atoms with Gasteiger partial charge in [-0.15, -0.1) is 0 Å². The zero-order chi connectivity index (χ0) is 47.1. The van der Waals surface area contributed by atoms with Crippen molar-refractivity contribution in [3.63, 3.8) is 0 Å². The van der Waals surface area contributed by atoms with Gasteiger partial charge in [0.15, 0.2) is 17.5 Å². The quantitative estimate of drug-likeness (QED) is 0.173. The van der Waals surface area contributed by atoms with Crippen LogP contribution in [0.25, 0.3) is 89.8 Å². The van der Waals surface area contributed by atoms with E-state index >= 15 is 0 Å². The molecule has 3 saturated carbocycles. The van der Waals surface area contributed by atoms with E-state index < -0.39 is 5.41 Å². The highest BCUT2D eigenvalue weighted by Gasteiger charge is 2.61. The van der Waals surface area contributed by atoms with Gasteiger partial charge in [-0.1, -0.05) is 188 Å². The van der Waals surface area contributed by atoms with Crippen molar-refractivity contribution in [3.05, 3.63) is 246 Å². The lowest BCUT2D eigenvalue weighted by Crippen LogP contribution is -2.55. The third-order valence-electron chi connectivity index (χ3n) is 18.5. The summed E-state index contributed by atoms with van der Waals surface area (Å²) in [5, 5.41) is 0. The molecule has 72 heavy (non-hydrogen) atoms. The maximum atomic E-state index is 5.35. The van der Waals surface area contributed by atoms with Crippen LogP contribution in [0, 0.1) is 23.7 Å². The van der Waals surface area contributed by atoms with Crippen LogP contribution in [0.15, 0.2) is 212 Å². The van der Waals surface area contributed by atoms with E-state index in [2.05, 4.69) is 200 Å². The molecule has 0 amide bonds. The molecule has 3 heteroatoms. The molecule has 6 aliphatic rings. The first-order valence-electron chi connectivity index (χ1n) is 26.4. The lowest BCUT2D eigenvalue weighted by molar-refractivity contribution is -0.0320. The number of hydrogen-bond donors (Lipinski definition) is 0. The van der Waals surface area contributed by atoms with E-state index in [1.807, 2.05) is 12.1 Å². The highest BCUT2D eigenvalue weighted by molar-refractivity contribution is 5.96. The van der Waals surface area contributed by atoms with E-state index in [9.17, 15) is 0 Å². The Hall–Kier alpha value is -8.01. The summed E-state index contributed by atoms with van der Waals surface area (Å²) in [4.78, 5) is 15.8. The molecule has 5 atom stereocenters. The molecule has 3 nitrogen and oxygen atoms in total. The Bertz CT molecular complexity index is 3750. The second kappa shape index (κ2) is 15.2. The minimum Gasteiger partial charge on any atom is -0.208 e. The van der Waals surface area contributed by atoms with Crippen molar-refractivity contribution in [1.82, 2.24) is 15.0 Å². The monoisotopic (exact) mass is 921 g/mol. The predicted molar refractivity (Wildman–Crippen MR) is 291 cm³/mol. The van der Waals surface area contributed by atoms with E-state index in [1.165, 1.54) is 111 Å². The Kier molecular flexibility index (Phi) is 8.62. The van der Waals surface area contributed by atoms with Gasteiger partial charge in [0, 0.05) is 22.1 Å². The van der Waals surface area contributed by atoms with Crippen molar-refractivity contribution < 1.29 is 0 Å². The van der Waals surface area contributed by atoms with Crippen LogP contribution in [0.3, 0.4) is 0 Å². The average molecular weight is 922 g/mol. The third kappa shape index (κ3) is 5.54. The van der Waals surface area contributed by atoms with Gasteiger partial charge in [0.2, 0.25) is 0 Å². The Morgan fingerprint density at radius 1 is 0.306 bits per heavy atom. The van der Waals surface area contributed by atoms with Crippen LogP contribution in [0.2, 0.25) is 0 Å². The molecular weight excluding hydrogens is 871 g/mol.